The number of aryl methyl sites for hydroxylation is 1. The second-order valence-corrected chi connectivity index (χ2v) is 5.06. The van der Waals surface area contributed by atoms with Crippen LogP contribution < -0.4 is 10.6 Å². The quantitative estimate of drug-likeness (QED) is 0.911. The van der Waals surface area contributed by atoms with Gasteiger partial charge in [-0.25, -0.2) is 0 Å². The van der Waals surface area contributed by atoms with E-state index >= 15 is 0 Å². The highest BCUT2D eigenvalue weighted by molar-refractivity contribution is 9.10. The van der Waals surface area contributed by atoms with E-state index in [0.717, 1.165) is 15.7 Å². The Morgan fingerprint density at radius 1 is 1.32 bits per heavy atom. The molecule has 0 atom stereocenters. The van der Waals surface area contributed by atoms with Crippen LogP contribution in [-0.2, 0) is 0 Å². The second-order valence-electron chi connectivity index (χ2n) is 4.14. The summed E-state index contributed by atoms with van der Waals surface area (Å²) >= 11 is 3.41. The number of rotatable bonds is 3. The maximum Gasteiger partial charge on any atom is 0.257 e. The molecule has 2 rings (SSSR count). The average Bonchev–Trinajstić information content (AvgIpc) is 2.37. The van der Waals surface area contributed by atoms with Crippen LogP contribution in [-0.4, -0.2) is 17.9 Å². The van der Waals surface area contributed by atoms with Crippen molar-refractivity contribution in [2.24, 2.45) is 0 Å². The van der Waals surface area contributed by atoms with Crippen molar-refractivity contribution in [1.29, 1.82) is 0 Å². The predicted molar refractivity (Wildman–Crippen MR) is 80.6 cm³/mol. The molecule has 19 heavy (non-hydrogen) atoms. The molecule has 2 aromatic rings. The number of halogens is 1. The Hall–Kier alpha value is -1.88. The van der Waals surface area contributed by atoms with Crippen LogP contribution in [0.3, 0.4) is 0 Å². The monoisotopic (exact) mass is 319 g/mol. The molecule has 1 amide bonds. The summed E-state index contributed by atoms with van der Waals surface area (Å²) in [5.41, 5.74) is 3.10. The van der Waals surface area contributed by atoms with Gasteiger partial charge in [0.15, 0.2) is 0 Å². The number of aromatic nitrogens is 1. The first-order valence-corrected chi connectivity index (χ1v) is 6.60. The standard InChI is InChI=1S/C14H14BrN3O/c1-9-5-10(15)7-11(6-9)18-14(19)12-3-4-17-8-13(12)16-2/h3-8,16H,1-2H3,(H,18,19). The van der Waals surface area contributed by atoms with Crippen LogP contribution in [0.15, 0.2) is 41.1 Å². The van der Waals surface area contributed by atoms with Gasteiger partial charge in [-0.15, -0.1) is 0 Å². The van der Waals surface area contributed by atoms with Gasteiger partial charge in [-0.2, -0.15) is 0 Å². The molecule has 0 saturated heterocycles. The first-order chi connectivity index (χ1) is 9.10. The number of nitrogens with zero attached hydrogens (tertiary/aromatic N) is 1. The lowest BCUT2D eigenvalue weighted by molar-refractivity contribution is 0.102. The van der Waals surface area contributed by atoms with Crippen LogP contribution in [0.2, 0.25) is 0 Å². The summed E-state index contributed by atoms with van der Waals surface area (Å²) in [4.78, 5) is 16.2. The van der Waals surface area contributed by atoms with Crippen molar-refractivity contribution in [1.82, 2.24) is 4.98 Å². The molecular formula is C14H14BrN3O. The summed E-state index contributed by atoms with van der Waals surface area (Å²) in [6.07, 6.45) is 3.23. The molecule has 1 aromatic carbocycles. The molecule has 0 aliphatic carbocycles. The first kappa shape index (κ1) is 13.5. The van der Waals surface area contributed by atoms with E-state index in [1.165, 1.54) is 0 Å². The summed E-state index contributed by atoms with van der Waals surface area (Å²) in [6.45, 7) is 1.98. The molecule has 0 fully saturated rings. The van der Waals surface area contributed by atoms with Gasteiger partial charge < -0.3 is 10.6 Å². The van der Waals surface area contributed by atoms with Gasteiger partial charge in [0.05, 0.1) is 17.4 Å². The van der Waals surface area contributed by atoms with Crippen molar-refractivity contribution in [3.63, 3.8) is 0 Å². The minimum absolute atomic E-state index is 0.163. The number of benzene rings is 1. The zero-order valence-corrected chi connectivity index (χ0v) is 12.3. The fraction of sp³-hybridized carbons (Fsp3) is 0.143. The molecule has 98 valence electrons. The number of hydrogen-bond donors (Lipinski definition) is 2. The Morgan fingerprint density at radius 2 is 2.11 bits per heavy atom. The first-order valence-electron chi connectivity index (χ1n) is 5.80. The third-order valence-corrected chi connectivity index (χ3v) is 3.09. The van der Waals surface area contributed by atoms with Crippen molar-refractivity contribution in [2.75, 3.05) is 17.7 Å². The number of carbonyl (C=O) groups is 1. The molecule has 0 bridgehead atoms. The largest absolute Gasteiger partial charge is 0.386 e. The van der Waals surface area contributed by atoms with Gasteiger partial charge in [-0.3, -0.25) is 9.78 Å². The highest BCUT2D eigenvalue weighted by Gasteiger charge is 2.11. The van der Waals surface area contributed by atoms with E-state index in [4.69, 9.17) is 0 Å². The molecule has 0 aliphatic heterocycles. The van der Waals surface area contributed by atoms with E-state index in [9.17, 15) is 4.79 Å². The summed E-state index contributed by atoms with van der Waals surface area (Å²) < 4.78 is 0.936. The summed E-state index contributed by atoms with van der Waals surface area (Å²) in [5, 5.41) is 5.83. The third kappa shape index (κ3) is 3.32. The molecule has 0 radical (unpaired) electrons. The molecule has 0 unspecified atom stereocenters. The Bertz CT molecular complexity index is 593. The van der Waals surface area contributed by atoms with Crippen LogP contribution in [0.5, 0.6) is 0 Å². The van der Waals surface area contributed by atoms with Gasteiger partial charge in [0, 0.05) is 23.4 Å². The minimum atomic E-state index is -0.163. The maximum absolute atomic E-state index is 12.2. The molecular weight excluding hydrogens is 306 g/mol. The highest BCUT2D eigenvalue weighted by Crippen LogP contribution is 2.21. The van der Waals surface area contributed by atoms with E-state index in [2.05, 4.69) is 31.5 Å². The van der Waals surface area contributed by atoms with E-state index in [-0.39, 0.29) is 5.91 Å². The van der Waals surface area contributed by atoms with Gasteiger partial charge in [0.1, 0.15) is 0 Å². The molecule has 0 saturated carbocycles. The Morgan fingerprint density at radius 3 is 2.79 bits per heavy atom. The van der Waals surface area contributed by atoms with Gasteiger partial charge >= 0.3 is 0 Å². The summed E-state index contributed by atoms with van der Waals surface area (Å²) in [6, 6.07) is 7.46. The van der Waals surface area contributed by atoms with Gasteiger partial charge in [-0.1, -0.05) is 15.9 Å². The predicted octanol–water partition coefficient (Wildman–Crippen LogP) is 3.45. The Labute approximate surface area is 120 Å². The van der Waals surface area contributed by atoms with Crippen molar-refractivity contribution in [2.45, 2.75) is 6.92 Å². The lowest BCUT2D eigenvalue weighted by atomic mass is 10.2. The van der Waals surface area contributed by atoms with Crippen LogP contribution in [0, 0.1) is 6.92 Å². The second kappa shape index (κ2) is 5.84. The number of carbonyl (C=O) groups excluding carboxylic acids is 1. The molecule has 2 N–H and O–H groups in total. The van der Waals surface area contributed by atoms with Crippen molar-refractivity contribution >= 4 is 33.2 Å². The number of anilines is 2. The number of hydrogen-bond acceptors (Lipinski definition) is 3. The van der Waals surface area contributed by atoms with E-state index in [1.54, 1.807) is 25.5 Å². The summed E-state index contributed by atoms with van der Waals surface area (Å²) in [5.74, 6) is -0.163. The van der Waals surface area contributed by atoms with Crippen molar-refractivity contribution < 1.29 is 4.79 Å². The van der Waals surface area contributed by atoms with Crippen LogP contribution in [0.25, 0.3) is 0 Å². The Kier molecular flexibility index (Phi) is 4.16. The topological polar surface area (TPSA) is 54.0 Å². The van der Waals surface area contributed by atoms with Gasteiger partial charge in [0.25, 0.3) is 5.91 Å². The van der Waals surface area contributed by atoms with Crippen molar-refractivity contribution in [3.8, 4) is 0 Å². The average molecular weight is 320 g/mol. The SMILES string of the molecule is CNc1cnccc1C(=O)Nc1cc(C)cc(Br)c1. The normalized spacial score (nSPS) is 10.1. The fourth-order valence-electron chi connectivity index (χ4n) is 1.80. The molecule has 1 heterocycles. The molecule has 4 nitrogen and oxygen atoms in total. The molecule has 5 heteroatoms. The molecule has 1 aromatic heterocycles. The van der Waals surface area contributed by atoms with Crippen LogP contribution >= 0.6 is 15.9 Å². The number of pyridine rings is 1. The highest BCUT2D eigenvalue weighted by atomic mass is 79.9. The van der Waals surface area contributed by atoms with Crippen molar-refractivity contribution in [3.05, 3.63) is 52.3 Å². The summed E-state index contributed by atoms with van der Waals surface area (Å²) in [7, 11) is 1.76. The Balaban J connectivity index is 2.25. The van der Waals surface area contributed by atoms with E-state index in [0.29, 0.717) is 11.3 Å². The van der Waals surface area contributed by atoms with Crippen LogP contribution in [0.4, 0.5) is 11.4 Å². The minimum Gasteiger partial charge on any atom is -0.386 e. The third-order valence-electron chi connectivity index (χ3n) is 2.64. The van der Waals surface area contributed by atoms with E-state index < -0.39 is 0 Å². The van der Waals surface area contributed by atoms with Gasteiger partial charge in [-0.05, 0) is 36.8 Å². The molecule has 0 spiro atoms. The van der Waals surface area contributed by atoms with Crippen LogP contribution in [0.1, 0.15) is 15.9 Å². The van der Waals surface area contributed by atoms with Gasteiger partial charge in [0.2, 0.25) is 0 Å². The number of amides is 1. The lowest BCUT2D eigenvalue weighted by Gasteiger charge is -2.10. The molecule has 0 aliphatic rings. The zero-order chi connectivity index (χ0) is 13.8. The zero-order valence-electron chi connectivity index (χ0n) is 10.7. The number of nitrogens with one attached hydrogen (secondary N) is 2. The van der Waals surface area contributed by atoms with E-state index in [1.807, 2.05) is 25.1 Å². The lowest BCUT2D eigenvalue weighted by Crippen LogP contribution is -2.14. The maximum atomic E-state index is 12.2. The fourth-order valence-corrected chi connectivity index (χ4v) is 2.41. The smallest absolute Gasteiger partial charge is 0.257 e.